The van der Waals surface area contributed by atoms with Gasteiger partial charge in [0, 0.05) is 6.54 Å². The van der Waals surface area contributed by atoms with Crippen LogP contribution in [0.25, 0.3) is 0 Å². The molecule has 4 nitrogen and oxygen atoms in total. The lowest BCUT2D eigenvalue weighted by atomic mass is 9.97. The number of carbonyl (C=O) groups is 2. The van der Waals surface area contributed by atoms with E-state index in [0.29, 0.717) is 12.3 Å². The van der Waals surface area contributed by atoms with Gasteiger partial charge in [-0.3, -0.25) is 9.59 Å². The van der Waals surface area contributed by atoms with Crippen molar-refractivity contribution in [3.63, 3.8) is 0 Å². The van der Waals surface area contributed by atoms with Crippen molar-refractivity contribution in [3.05, 3.63) is 0 Å². The lowest BCUT2D eigenvalue weighted by Gasteiger charge is -2.39. The molecule has 0 spiro atoms. The zero-order valence-electron chi connectivity index (χ0n) is 12.3. The highest BCUT2D eigenvalue weighted by Gasteiger charge is 2.39. The molecule has 0 aromatic heterocycles. The van der Waals surface area contributed by atoms with E-state index in [1.807, 2.05) is 11.8 Å². The Hall–Kier alpha value is -1.06. The molecule has 1 N–H and O–H groups in total. The van der Waals surface area contributed by atoms with Crippen LogP contribution in [0.5, 0.6) is 0 Å². The number of piperazine rings is 1. The van der Waals surface area contributed by atoms with Crippen molar-refractivity contribution >= 4 is 11.8 Å². The second kappa shape index (κ2) is 5.93. The Labute approximate surface area is 115 Å². The number of amides is 2. The molecule has 1 aliphatic heterocycles. The minimum absolute atomic E-state index is 0.0311. The van der Waals surface area contributed by atoms with Gasteiger partial charge in [0.25, 0.3) is 0 Å². The fourth-order valence-electron chi connectivity index (χ4n) is 2.86. The molecule has 1 saturated heterocycles. The number of nitrogens with zero attached hydrogens (tertiary/aromatic N) is 1. The van der Waals surface area contributed by atoms with Crippen LogP contribution in [0.15, 0.2) is 0 Å². The lowest BCUT2D eigenvalue weighted by Crippen LogP contribution is -2.63. The highest BCUT2D eigenvalue weighted by atomic mass is 16.2. The summed E-state index contributed by atoms with van der Waals surface area (Å²) in [6.07, 6.45) is 5.09. The molecule has 108 valence electrons. The van der Waals surface area contributed by atoms with Crippen LogP contribution in [0.4, 0.5) is 0 Å². The first-order valence-electron chi connectivity index (χ1n) is 7.63. The average Bonchev–Trinajstić information content (AvgIpc) is 3.14. The van der Waals surface area contributed by atoms with Gasteiger partial charge in [0.1, 0.15) is 12.1 Å². The van der Waals surface area contributed by atoms with Crippen LogP contribution in [0.3, 0.4) is 0 Å². The summed E-state index contributed by atoms with van der Waals surface area (Å²) < 4.78 is 0. The number of rotatable bonds is 6. The van der Waals surface area contributed by atoms with Gasteiger partial charge in [-0.1, -0.05) is 33.6 Å². The van der Waals surface area contributed by atoms with Crippen LogP contribution in [0, 0.1) is 11.8 Å². The molecule has 2 fully saturated rings. The zero-order chi connectivity index (χ0) is 14.0. The van der Waals surface area contributed by atoms with Crippen molar-refractivity contribution in [3.8, 4) is 0 Å². The van der Waals surface area contributed by atoms with Crippen molar-refractivity contribution in [1.29, 1.82) is 0 Å². The zero-order valence-corrected chi connectivity index (χ0v) is 12.3. The van der Waals surface area contributed by atoms with Crippen LogP contribution in [0.1, 0.15) is 52.9 Å². The predicted octanol–water partition coefficient (Wildman–Crippen LogP) is 1.94. The van der Waals surface area contributed by atoms with Crippen molar-refractivity contribution in [2.75, 3.05) is 6.54 Å². The van der Waals surface area contributed by atoms with Gasteiger partial charge in [0.2, 0.25) is 11.8 Å². The fraction of sp³-hybridized carbons (Fsp3) is 0.867. The molecule has 0 aromatic rings. The van der Waals surface area contributed by atoms with Gasteiger partial charge in [-0.25, -0.2) is 0 Å². The Bertz CT molecular complexity index is 350. The van der Waals surface area contributed by atoms with E-state index >= 15 is 0 Å². The molecule has 0 aromatic carbocycles. The van der Waals surface area contributed by atoms with Gasteiger partial charge in [0.15, 0.2) is 0 Å². The largest absolute Gasteiger partial charge is 0.342 e. The van der Waals surface area contributed by atoms with E-state index in [4.69, 9.17) is 0 Å². The maximum Gasteiger partial charge on any atom is 0.245 e. The molecule has 0 radical (unpaired) electrons. The Morgan fingerprint density at radius 1 is 1.32 bits per heavy atom. The summed E-state index contributed by atoms with van der Waals surface area (Å²) in [5.74, 6) is 1.36. The number of hydrogen-bond donors (Lipinski definition) is 1. The molecule has 0 bridgehead atoms. The molecule has 2 unspecified atom stereocenters. The molecule has 1 saturated carbocycles. The number of carbonyl (C=O) groups excluding carboxylic acids is 2. The average molecular weight is 266 g/mol. The Kier molecular flexibility index (Phi) is 4.48. The highest BCUT2D eigenvalue weighted by molar-refractivity contribution is 5.96. The predicted molar refractivity (Wildman–Crippen MR) is 74.5 cm³/mol. The smallest absolute Gasteiger partial charge is 0.245 e. The second-order valence-electron chi connectivity index (χ2n) is 6.38. The summed E-state index contributed by atoms with van der Waals surface area (Å²) >= 11 is 0. The summed E-state index contributed by atoms with van der Waals surface area (Å²) in [5, 5.41) is 2.90. The maximum atomic E-state index is 12.5. The summed E-state index contributed by atoms with van der Waals surface area (Å²) in [6, 6.07) is -0.566. The van der Waals surface area contributed by atoms with E-state index in [0.717, 1.165) is 25.3 Å². The van der Waals surface area contributed by atoms with Gasteiger partial charge >= 0.3 is 0 Å². The van der Waals surface area contributed by atoms with Crippen molar-refractivity contribution < 1.29 is 9.59 Å². The third-order valence-electron chi connectivity index (χ3n) is 4.15. The standard InChI is InChI=1S/C15H26N2O2/c1-4-13-14(18)16-12(9-10(2)3)15(19)17(13)8-7-11-5-6-11/h10-13H,4-9H2,1-3H3,(H,16,18). The van der Waals surface area contributed by atoms with Gasteiger partial charge in [-0.15, -0.1) is 0 Å². The van der Waals surface area contributed by atoms with Gasteiger partial charge in [-0.05, 0) is 31.1 Å². The van der Waals surface area contributed by atoms with Gasteiger partial charge < -0.3 is 10.2 Å². The molecule has 19 heavy (non-hydrogen) atoms. The van der Waals surface area contributed by atoms with E-state index in [-0.39, 0.29) is 23.9 Å². The molecular weight excluding hydrogens is 240 g/mol. The Balaban J connectivity index is 2.03. The topological polar surface area (TPSA) is 49.4 Å². The van der Waals surface area contributed by atoms with Crippen LogP contribution in [-0.2, 0) is 9.59 Å². The Morgan fingerprint density at radius 2 is 2.00 bits per heavy atom. The van der Waals surface area contributed by atoms with Crippen molar-refractivity contribution in [2.45, 2.75) is 65.0 Å². The minimum Gasteiger partial charge on any atom is -0.342 e. The molecule has 4 heteroatoms. The van der Waals surface area contributed by atoms with Gasteiger partial charge in [0.05, 0.1) is 0 Å². The first-order chi connectivity index (χ1) is 9.02. The molecule has 1 heterocycles. The first kappa shape index (κ1) is 14.4. The van der Waals surface area contributed by atoms with Crippen molar-refractivity contribution in [2.24, 2.45) is 11.8 Å². The summed E-state index contributed by atoms with van der Waals surface area (Å²) in [4.78, 5) is 26.5. The van der Waals surface area contributed by atoms with E-state index in [1.54, 1.807) is 0 Å². The second-order valence-corrected chi connectivity index (χ2v) is 6.38. The summed E-state index contributed by atoms with van der Waals surface area (Å²) in [7, 11) is 0. The Morgan fingerprint density at radius 3 is 2.53 bits per heavy atom. The molecule has 1 aliphatic carbocycles. The van der Waals surface area contributed by atoms with E-state index in [2.05, 4.69) is 19.2 Å². The third-order valence-corrected chi connectivity index (χ3v) is 4.15. The van der Waals surface area contributed by atoms with E-state index in [9.17, 15) is 9.59 Å². The number of nitrogens with one attached hydrogen (secondary N) is 1. The molecule has 2 amide bonds. The van der Waals surface area contributed by atoms with Gasteiger partial charge in [-0.2, -0.15) is 0 Å². The minimum atomic E-state index is -0.311. The third kappa shape index (κ3) is 3.48. The lowest BCUT2D eigenvalue weighted by molar-refractivity contribution is -0.150. The first-order valence-corrected chi connectivity index (χ1v) is 7.63. The van der Waals surface area contributed by atoms with Crippen molar-refractivity contribution in [1.82, 2.24) is 10.2 Å². The van der Waals surface area contributed by atoms with Crippen LogP contribution >= 0.6 is 0 Å². The normalized spacial score (nSPS) is 27.9. The SMILES string of the molecule is CCC1C(=O)NC(CC(C)C)C(=O)N1CCC1CC1. The monoisotopic (exact) mass is 266 g/mol. The highest BCUT2D eigenvalue weighted by Crippen LogP contribution is 2.33. The summed E-state index contributed by atoms with van der Waals surface area (Å²) in [6.45, 7) is 6.90. The molecular formula is C15H26N2O2. The molecule has 2 aliphatic rings. The van der Waals surface area contributed by atoms with Crippen LogP contribution in [0.2, 0.25) is 0 Å². The molecule has 2 rings (SSSR count). The van der Waals surface area contributed by atoms with E-state index < -0.39 is 0 Å². The van der Waals surface area contributed by atoms with Crippen LogP contribution < -0.4 is 5.32 Å². The van der Waals surface area contributed by atoms with E-state index in [1.165, 1.54) is 12.8 Å². The fourth-order valence-corrected chi connectivity index (χ4v) is 2.86. The maximum absolute atomic E-state index is 12.5. The summed E-state index contributed by atoms with van der Waals surface area (Å²) in [5.41, 5.74) is 0. The molecule has 2 atom stereocenters. The number of hydrogen-bond acceptors (Lipinski definition) is 2. The quantitative estimate of drug-likeness (QED) is 0.798. The van der Waals surface area contributed by atoms with Crippen LogP contribution in [-0.4, -0.2) is 35.3 Å².